The summed E-state index contributed by atoms with van der Waals surface area (Å²) in [6, 6.07) is 32.2. The zero-order valence-corrected chi connectivity index (χ0v) is 38.6. The average molecular weight is 926 g/mol. The maximum Gasteiger partial charge on any atom is 0.406 e. The van der Waals surface area contributed by atoms with E-state index in [1.165, 1.54) is 39.6 Å². The number of aliphatic carboxylic acids is 1. The minimum atomic E-state index is -0.937. The minimum absolute atomic E-state index is 0. The van der Waals surface area contributed by atoms with Crippen LogP contribution in [0.1, 0.15) is 41.0 Å². The molecule has 0 unspecified atom stereocenters. The van der Waals surface area contributed by atoms with Crippen molar-refractivity contribution in [1.82, 2.24) is 21.3 Å². The van der Waals surface area contributed by atoms with Crippen LogP contribution >= 0.6 is 23.5 Å². The third-order valence-electron chi connectivity index (χ3n) is 10.5. The molecule has 3 aliphatic rings. The lowest BCUT2D eigenvalue weighted by Gasteiger charge is -2.29. The van der Waals surface area contributed by atoms with Crippen LogP contribution in [0.2, 0.25) is 0 Å². The number of benzene rings is 4. The smallest absolute Gasteiger partial charge is 0.406 e. The van der Waals surface area contributed by atoms with Crippen LogP contribution in [0.3, 0.4) is 0 Å². The zero-order chi connectivity index (χ0) is 45.8. The number of anilines is 2. The topological polar surface area (TPSA) is 204 Å². The largest absolute Gasteiger partial charge is 0.481 e. The molecule has 15 nitrogen and oxygen atoms in total. The summed E-state index contributed by atoms with van der Waals surface area (Å²) < 4.78 is 5.24. The maximum atomic E-state index is 12.1. The molecule has 0 atom stereocenters. The van der Waals surface area contributed by atoms with Crippen molar-refractivity contribution in [1.29, 1.82) is 0 Å². The van der Waals surface area contributed by atoms with E-state index in [0.717, 1.165) is 41.5 Å². The first-order valence-corrected chi connectivity index (χ1v) is 23.2. The number of hydrogen-bond acceptors (Lipinski definition) is 10. The van der Waals surface area contributed by atoms with E-state index in [1.807, 2.05) is 72.8 Å². The number of rotatable bonds is 16. The number of carbonyl (C=O) groups is 7. The number of nitrogens with one attached hydrogen (secondary N) is 4. The number of thioether (sulfide) groups is 2. The summed E-state index contributed by atoms with van der Waals surface area (Å²) in [5, 5.41) is 19.0. The van der Waals surface area contributed by atoms with Crippen LogP contribution in [-0.2, 0) is 46.3 Å². The number of para-hydroxylation sites is 2. The Kier molecular flexibility index (Phi) is 20.9. The molecule has 0 saturated heterocycles. The monoisotopic (exact) mass is 925 g/mol. The molecule has 0 fully saturated rings. The molecule has 0 radical (unpaired) electrons. The lowest BCUT2D eigenvalue weighted by molar-refractivity contribution is -0.134. The molecule has 0 bridgehead atoms. The molecule has 65 heavy (non-hydrogen) atoms. The van der Waals surface area contributed by atoms with Gasteiger partial charge in [-0.25, -0.2) is 4.79 Å². The van der Waals surface area contributed by atoms with Gasteiger partial charge in [-0.3, -0.25) is 28.8 Å². The highest BCUT2D eigenvalue weighted by atomic mass is 32.2. The van der Waals surface area contributed by atoms with Gasteiger partial charge < -0.3 is 48.3 Å². The summed E-state index contributed by atoms with van der Waals surface area (Å²) >= 11 is 2.32. The van der Waals surface area contributed by atoms with Gasteiger partial charge in [0.2, 0.25) is 29.5 Å². The van der Waals surface area contributed by atoms with Crippen molar-refractivity contribution in [2.24, 2.45) is 0 Å². The Hall–Kier alpha value is -6.33. The Balaban J connectivity index is 0.000000213. The van der Waals surface area contributed by atoms with Crippen LogP contribution in [0.5, 0.6) is 0 Å². The molecule has 0 saturated carbocycles. The molecule has 5 N–H and O–H groups in total. The molecule has 1 aliphatic carbocycles. The highest BCUT2D eigenvalue weighted by Crippen LogP contribution is 2.44. The molecule has 346 valence electrons. The fourth-order valence-corrected chi connectivity index (χ4v) is 8.69. The van der Waals surface area contributed by atoms with Gasteiger partial charge in [0.25, 0.3) is 0 Å². The number of ether oxygens (including phenoxy) is 1. The van der Waals surface area contributed by atoms with Crippen molar-refractivity contribution in [2.75, 3.05) is 79.7 Å². The van der Waals surface area contributed by atoms with Crippen molar-refractivity contribution in [2.45, 2.75) is 31.6 Å². The molecular formula is C48H57N6O9S2-. The van der Waals surface area contributed by atoms with E-state index < -0.39 is 5.97 Å². The van der Waals surface area contributed by atoms with Gasteiger partial charge >= 0.3 is 12.1 Å². The van der Waals surface area contributed by atoms with Crippen molar-refractivity contribution in [3.8, 4) is 11.1 Å². The van der Waals surface area contributed by atoms with Gasteiger partial charge in [-0.2, -0.15) is 0 Å². The number of alkyl carbamates (subject to hydrolysis) is 1. The summed E-state index contributed by atoms with van der Waals surface area (Å²) in [5.74, 6) is -0.584. The van der Waals surface area contributed by atoms with Crippen molar-refractivity contribution >= 4 is 76.5 Å². The second kappa shape index (κ2) is 26.5. The Bertz CT molecular complexity index is 2250. The number of carboxylic acid groups (broad SMARTS) is 1. The number of hydrogen-bond donors (Lipinski definition) is 5. The SMILES string of the molecule is CNC(=O)CSCC(=O)NCCN1C(=O)CCc2ccccc21.CNC(=O)OCC1c2ccccc2-c2ccccc21.O=C(O)CSCC(=O)NCCN1C(=O)CCc2ccccc21.[CH3-]. The predicted molar refractivity (Wildman–Crippen MR) is 257 cm³/mol. The summed E-state index contributed by atoms with van der Waals surface area (Å²) in [6.07, 6.45) is 2.13. The van der Waals surface area contributed by atoms with Crippen LogP contribution in [0.4, 0.5) is 16.2 Å². The molecule has 2 heterocycles. The van der Waals surface area contributed by atoms with Gasteiger partial charge in [0.1, 0.15) is 6.61 Å². The molecule has 4 aromatic carbocycles. The highest BCUT2D eigenvalue weighted by Gasteiger charge is 2.29. The number of nitrogens with zero attached hydrogens (tertiary/aromatic N) is 2. The number of carboxylic acids is 1. The van der Waals surface area contributed by atoms with Gasteiger partial charge in [0.05, 0.1) is 23.0 Å². The molecule has 7 rings (SSSR count). The molecule has 4 aromatic rings. The Morgan fingerprint density at radius 1 is 0.600 bits per heavy atom. The number of amides is 6. The number of fused-ring (bicyclic) bond motifs is 5. The normalized spacial score (nSPS) is 13.1. The first kappa shape index (κ1) is 51.3. The third kappa shape index (κ3) is 15.1. The van der Waals surface area contributed by atoms with Gasteiger partial charge in [-0.15, -0.1) is 23.5 Å². The predicted octanol–water partition coefficient (Wildman–Crippen LogP) is 5.07. The van der Waals surface area contributed by atoms with E-state index >= 15 is 0 Å². The number of carbonyl (C=O) groups excluding carboxylic acids is 6. The lowest BCUT2D eigenvalue weighted by Crippen LogP contribution is -2.41. The van der Waals surface area contributed by atoms with E-state index in [-0.39, 0.29) is 72.0 Å². The maximum absolute atomic E-state index is 12.1. The van der Waals surface area contributed by atoms with Crippen molar-refractivity contribution in [3.63, 3.8) is 0 Å². The van der Waals surface area contributed by atoms with Gasteiger partial charge in [0.15, 0.2) is 0 Å². The summed E-state index contributed by atoms with van der Waals surface area (Å²) in [7, 11) is 3.13. The quantitative estimate of drug-likeness (QED) is 0.0940. The Morgan fingerprint density at radius 2 is 1.03 bits per heavy atom. The van der Waals surface area contributed by atoms with Gasteiger partial charge in [-0.05, 0) is 58.4 Å². The van der Waals surface area contributed by atoms with E-state index in [4.69, 9.17) is 9.84 Å². The van der Waals surface area contributed by atoms with Crippen molar-refractivity contribution < 1.29 is 43.4 Å². The molecule has 2 aliphatic heterocycles. The first-order valence-electron chi connectivity index (χ1n) is 20.9. The van der Waals surface area contributed by atoms with E-state index in [2.05, 4.69) is 45.5 Å². The van der Waals surface area contributed by atoms with Crippen LogP contribution in [0, 0.1) is 7.43 Å². The molecule has 0 spiro atoms. The first-order chi connectivity index (χ1) is 31.0. The fraction of sp³-hybridized carbons (Fsp3) is 0.333. The van der Waals surface area contributed by atoms with E-state index in [1.54, 1.807) is 23.9 Å². The van der Waals surface area contributed by atoms with Crippen LogP contribution in [0.25, 0.3) is 11.1 Å². The third-order valence-corrected chi connectivity index (χ3v) is 12.3. The molecule has 6 amide bonds. The molecular weight excluding hydrogens is 869 g/mol. The van der Waals surface area contributed by atoms with E-state index in [9.17, 15) is 33.6 Å². The lowest BCUT2D eigenvalue weighted by atomic mass is 9.98. The average Bonchev–Trinajstić information content (AvgIpc) is 3.63. The highest BCUT2D eigenvalue weighted by molar-refractivity contribution is 8.00. The Labute approximate surface area is 388 Å². The van der Waals surface area contributed by atoms with Crippen LogP contribution in [-0.4, -0.2) is 117 Å². The molecule has 17 heteroatoms. The van der Waals surface area contributed by atoms with Gasteiger partial charge in [-0.1, -0.05) is 84.9 Å². The van der Waals surface area contributed by atoms with Crippen LogP contribution in [0.15, 0.2) is 97.1 Å². The second-order valence-electron chi connectivity index (χ2n) is 14.7. The molecule has 0 aromatic heterocycles. The number of aryl methyl sites for hydroxylation is 2. The summed E-state index contributed by atoms with van der Waals surface area (Å²) in [6.45, 7) is 2.01. The second-order valence-corrected chi connectivity index (χ2v) is 16.6. The van der Waals surface area contributed by atoms with Crippen LogP contribution < -0.4 is 31.1 Å². The zero-order valence-electron chi connectivity index (χ0n) is 36.9. The minimum Gasteiger partial charge on any atom is -0.481 e. The van der Waals surface area contributed by atoms with Gasteiger partial charge in [0, 0.05) is 70.4 Å². The van der Waals surface area contributed by atoms with Crippen molar-refractivity contribution in [3.05, 3.63) is 127 Å². The van der Waals surface area contributed by atoms with E-state index in [0.29, 0.717) is 45.6 Å². The standard InChI is InChI=1S/C16H21N3O3S.C16H15NO2.C15H18N2O4S.CH3/c1-17-14(20)10-23-11-15(21)18-8-9-19-13-5-3-2-4-12(13)6-7-16(19)22;1-17-16(18)19-10-15-13-8-4-2-6-11(13)12-7-3-5-9-14(12)15;18-13(9-22-10-15(20)21)16-7-8-17-12-4-2-1-3-11(12)5-6-14(17)19;/h2-5H,6-11H2,1H3,(H,17,20)(H,18,21);2-9,15H,10H2,1H3,(H,17,18);1-4H,5-10H2,(H,16,18)(H,20,21);1H3/q;;;-1. The summed E-state index contributed by atoms with van der Waals surface area (Å²) in [5.41, 5.74) is 9.10. The summed E-state index contributed by atoms with van der Waals surface area (Å²) in [4.78, 5) is 83.5. The Morgan fingerprint density at radius 3 is 1.49 bits per heavy atom. The fourth-order valence-electron chi connectivity index (χ4n) is 7.41.